The number of carbonyl (C=O) groups is 1. The second-order valence-corrected chi connectivity index (χ2v) is 8.14. The summed E-state index contributed by atoms with van der Waals surface area (Å²) in [6.45, 7) is 4.62. The van der Waals surface area contributed by atoms with E-state index in [0.717, 1.165) is 35.3 Å². The Hall–Kier alpha value is -2.18. The quantitative estimate of drug-likeness (QED) is 0.894. The maximum Gasteiger partial charge on any atom is 0.241 e. The van der Waals surface area contributed by atoms with Crippen LogP contribution in [0.3, 0.4) is 0 Å². The van der Waals surface area contributed by atoms with Crippen molar-refractivity contribution in [2.75, 3.05) is 11.4 Å². The van der Waals surface area contributed by atoms with Crippen LogP contribution < -0.4 is 9.62 Å². The molecule has 1 saturated heterocycles. The van der Waals surface area contributed by atoms with Gasteiger partial charge in [0.1, 0.15) is 0 Å². The maximum atomic E-state index is 12.5. The third-order valence-electron chi connectivity index (χ3n) is 4.42. The number of hydrogen-bond donors (Lipinski definition) is 1. The molecule has 0 saturated carbocycles. The molecule has 0 spiro atoms. The number of hydrogen-bond acceptors (Lipinski definition) is 3. The highest BCUT2D eigenvalue weighted by molar-refractivity contribution is 7.89. The highest BCUT2D eigenvalue weighted by Crippen LogP contribution is 2.22. The predicted molar refractivity (Wildman–Crippen MR) is 98.0 cm³/mol. The van der Waals surface area contributed by atoms with Crippen molar-refractivity contribution in [1.82, 2.24) is 4.72 Å². The Kier molecular flexibility index (Phi) is 4.92. The summed E-state index contributed by atoms with van der Waals surface area (Å²) in [6, 6.07) is 12.8. The van der Waals surface area contributed by atoms with Crippen LogP contribution in [0.2, 0.25) is 0 Å². The summed E-state index contributed by atoms with van der Waals surface area (Å²) in [5.41, 5.74) is 3.35. The molecule has 1 fully saturated rings. The van der Waals surface area contributed by atoms with Crippen molar-refractivity contribution in [1.29, 1.82) is 0 Å². The fourth-order valence-electron chi connectivity index (χ4n) is 2.97. The molecule has 1 amide bonds. The van der Waals surface area contributed by atoms with Gasteiger partial charge in [-0.3, -0.25) is 4.79 Å². The van der Waals surface area contributed by atoms with Gasteiger partial charge < -0.3 is 4.90 Å². The van der Waals surface area contributed by atoms with Crippen LogP contribution in [-0.4, -0.2) is 20.9 Å². The van der Waals surface area contributed by atoms with E-state index in [4.69, 9.17) is 0 Å². The standard InChI is InChI=1S/C19H22N2O3S/c1-14-5-6-15(2)18(12-14)25(23,24)20-13-16-7-9-17(10-8-16)21-11-3-4-19(21)22/h5-10,12,20H,3-4,11,13H2,1-2H3. The van der Waals surface area contributed by atoms with Gasteiger partial charge in [-0.15, -0.1) is 0 Å². The Balaban J connectivity index is 1.70. The number of benzene rings is 2. The van der Waals surface area contributed by atoms with Crippen molar-refractivity contribution in [3.63, 3.8) is 0 Å². The van der Waals surface area contributed by atoms with Gasteiger partial charge >= 0.3 is 0 Å². The first kappa shape index (κ1) is 17.6. The molecule has 2 aromatic carbocycles. The summed E-state index contributed by atoms with van der Waals surface area (Å²) >= 11 is 0. The molecule has 1 N–H and O–H groups in total. The number of carbonyl (C=O) groups excluding carboxylic acids is 1. The normalized spacial score (nSPS) is 15.0. The van der Waals surface area contributed by atoms with Gasteiger partial charge in [0.05, 0.1) is 4.90 Å². The smallest absolute Gasteiger partial charge is 0.241 e. The van der Waals surface area contributed by atoms with Gasteiger partial charge in [-0.25, -0.2) is 13.1 Å². The van der Waals surface area contributed by atoms with E-state index in [2.05, 4.69) is 4.72 Å². The van der Waals surface area contributed by atoms with Crippen LogP contribution in [0, 0.1) is 13.8 Å². The first-order valence-electron chi connectivity index (χ1n) is 8.33. The van der Waals surface area contributed by atoms with E-state index < -0.39 is 10.0 Å². The predicted octanol–water partition coefficient (Wildman–Crippen LogP) is 2.91. The van der Waals surface area contributed by atoms with Crippen LogP contribution in [0.1, 0.15) is 29.5 Å². The Morgan fingerprint density at radius 2 is 1.80 bits per heavy atom. The molecule has 25 heavy (non-hydrogen) atoms. The molecule has 1 aliphatic heterocycles. The average Bonchev–Trinajstić information content (AvgIpc) is 3.02. The van der Waals surface area contributed by atoms with Gasteiger partial charge in [0, 0.05) is 25.2 Å². The minimum absolute atomic E-state index is 0.142. The van der Waals surface area contributed by atoms with Crippen molar-refractivity contribution < 1.29 is 13.2 Å². The Labute approximate surface area is 148 Å². The lowest BCUT2D eigenvalue weighted by molar-refractivity contribution is -0.117. The van der Waals surface area contributed by atoms with Gasteiger partial charge in [-0.2, -0.15) is 0 Å². The van der Waals surface area contributed by atoms with E-state index >= 15 is 0 Å². The SMILES string of the molecule is Cc1ccc(C)c(S(=O)(=O)NCc2ccc(N3CCCC3=O)cc2)c1. The molecular formula is C19H22N2O3S. The molecule has 0 aliphatic carbocycles. The van der Waals surface area contributed by atoms with Crippen LogP contribution in [-0.2, 0) is 21.4 Å². The monoisotopic (exact) mass is 358 g/mol. The molecule has 0 aromatic heterocycles. The lowest BCUT2D eigenvalue weighted by Crippen LogP contribution is -2.25. The zero-order valence-corrected chi connectivity index (χ0v) is 15.3. The van der Waals surface area contributed by atoms with Crippen LogP contribution >= 0.6 is 0 Å². The fourth-order valence-corrected chi connectivity index (χ4v) is 4.31. The molecule has 2 aromatic rings. The van der Waals surface area contributed by atoms with Gasteiger partial charge in [-0.1, -0.05) is 24.3 Å². The zero-order valence-electron chi connectivity index (χ0n) is 14.5. The molecule has 3 rings (SSSR count). The summed E-state index contributed by atoms with van der Waals surface area (Å²) in [7, 11) is -3.56. The number of nitrogens with zero attached hydrogens (tertiary/aromatic N) is 1. The van der Waals surface area contributed by atoms with Crippen LogP contribution in [0.4, 0.5) is 5.69 Å². The van der Waals surface area contributed by atoms with Crippen LogP contribution in [0.5, 0.6) is 0 Å². The Morgan fingerprint density at radius 1 is 1.08 bits per heavy atom. The molecule has 0 bridgehead atoms. The van der Waals surface area contributed by atoms with E-state index in [1.165, 1.54) is 0 Å². The topological polar surface area (TPSA) is 66.5 Å². The molecule has 0 atom stereocenters. The van der Waals surface area contributed by atoms with E-state index in [1.807, 2.05) is 43.3 Å². The molecule has 1 aliphatic rings. The first-order valence-corrected chi connectivity index (χ1v) is 9.81. The lowest BCUT2D eigenvalue weighted by atomic mass is 10.2. The van der Waals surface area contributed by atoms with Gasteiger partial charge in [0.15, 0.2) is 0 Å². The molecule has 132 valence electrons. The number of anilines is 1. The molecule has 6 heteroatoms. The largest absolute Gasteiger partial charge is 0.312 e. The van der Waals surface area contributed by atoms with E-state index in [1.54, 1.807) is 17.9 Å². The van der Waals surface area contributed by atoms with Crippen molar-refractivity contribution in [3.05, 3.63) is 59.2 Å². The number of nitrogens with one attached hydrogen (secondary N) is 1. The highest BCUT2D eigenvalue weighted by atomic mass is 32.2. The van der Waals surface area contributed by atoms with Crippen LogP contribution in [0.15, 0.2) is 47.4 Å². The minimum Gasteiger partial charge on any atom is -0.312 e. The molecule has 0 unspecified atom stereocenters. The molecule has 1 heterocycles. The van der Waals surface area contributed by atoms with Gasteiger partial charge in [-0.05, 0) is 55.2 Å². The van der Waals surface area contributed by atoms with E-state index in [-0.39, 0.29) is 12.5 Å². The van der Waals surface area contributed by atoms with Crippen molar-refractivity contribution in [3.8, 4) is 0 Å². The zero-order chi connectivity index (χ0) is 18.0. The lowest BCUT2D eigenvalue weighted by Gasteiger charge is -2.16. The Bertz CT molecular complexity index is 889. The Morgan fingerprint density at radius 3 is 2.44 bits per heavy atom. The van der Waals surface area contributed by atoms with Gasteiger partial charge in [0.25, 0.3) is 0 Å². The summed E-state index contributed by atoms with van der Waals surface area (Å²) < 4.78 is 27.7. The molecular weight excluding hydrogens is 336 g/mol. The third-order valence-corrected chi connectivity index (χ3v) is 5.96. The minimum atomic E-state index is -3.56. The number of aryl methyl sites for hydroxylation is 2. The number of amides is 1. The third kappa shape index (κ3) is 3.91. The first-order chi connectivity index (χ1) is 11.9. The average molecular weight is 358 g/mol. The maximum absolute atomic E-state index is 12.5. The number of sulfonamides is 1. The second kappa shape index (κ2) is 6.98. The van der Waals surface area contributed by atoms with E-state index in [9.17, 15) is 13.2 Å². The molecule has 0 radical (unpaired) electrons. The van der Waals surface area contributed by atoms with Crippen LogP contribution in [0.25, 0.3) is 0 Å². The fraction of sp³-hybridized carbons (Fsp3) is 0.316. The van der Waals surface area contributed by atoms with E-state index in [0.29, 0.717) is 11.3 Å². The summed E-state index contributed by atoms with van der Waals surface area (Å²) in [4.78, 5) is 13.8. The molecule has 5 nitrogen and oxygen atoms in total. The van der Waals surface area contributed by atoms with Crippen molar-refractivity contribution in [2.45, 2.75) is 38.1 Å². The summed E-state index contributed by atoms with van der Waals surface area (Å²) in [5, 5.41) is 0. The van der Waals surface area contributed by atoms with Crippen molar-refractivity contribution >= 4 is 21.6 Å². The summed E-state index contributed by atoms with van der Waals surface area (Å²) in [5.74, 6) is 0.142. The van der Waals surface area contributed by atoms with Crippen molar-refractivity contribution in [2.24, 2.45) is 0 Å². The highest BCUT2D eigenvalue weighted by Gasteiger charge is 2.21. The summed E-state index contributed by atoms with van der Waals surface area (Å²) in [6.07, 6.45) is 1.48. The second-order valence-electron chi connectivity index (χ2n) is 6.41. The number of rotatable bonds is 5. The van der Waals surface area contributed by atoms with Gasteiger partial charge in [0.2, 0.25) is 15.9 Å².